The summed E-state index contributed by atoms with van der Waals surface area (Å²) >= 11 is 8.73. The van der Waals surface area contributed by atoms with E-state index in [0.29, 0.717) is 0 Å². The van der Waals surface area contributed by atoms with E-state index in [0.717, 1.165) is 12.1 Å². The number of nitrogens with one attached hydrogen (secondary N) is 1. The molecule has 2 aromatic carbocycles. The van der Waals surface area contributed by atoms with Gasteiger partial charge in [-0.15, -0.1) is 0 Å². The van der Waals surface area contributed by atoms with Crippen LogP contribution >= 0.6 is 27.5 Å². The molecule has 0 radical (unpaired) electrons. The third kappa shape index (κ3) is 3.56. The lowest BCUT2D eigenvalue weighted by atomic mass is 10.1. The van der Waals surface area contributed by atoms with E-state index < -0.39 is 16.6 Å². The van der Waals surface area contributed by atoms with Crippen molar-refractivity contribution in [1.82, 2.24) is 0 Å². The molecule has 2 aromatic rings. The van der Waals surface area contributed by atoms with Gasteiger partial charge >= 0.3 is 0 Å². The van der Waals surface area contributed by atoms with Crippen molar-refractivity contribution >= 4 is 44.8 Å². The van der Waals surface area contributed by atoms with Gasteiger partial charge in [0, 0.05) is 16.8 Å². The highest BCUT2D eigenvalue weighted by Crippen LogP contribution is 2.25. The van der Waals surface area contributed by atoms with E-state index in [1.165, 1.54) is 24.3 Å². The third-order valence-electron chi connectivity index (χ3n) is 2.58. The van der Waals surface area contributed by atoms with E-state index in [1.807, 2.05) is 0 Å². The quantitative estimate of drug-likeness (QED) is 0.640. The molecule has 0 bridgehead atoms. The van der Waals surface area contributed by atoms with Crippen LogP contribution in [0.4, 0.5) is 15.8 Å². The van der Waals surface area contributed by atoms with Crippen molar-refractivity contribution in [2.24, 2.45) is 0 Å². The van der Waals surface area contributed by atoms with Crippen molar-refractivity contribution in [2.45, 2.75) is 0 Å². The number of hydrogen-bond acceptors (Lipinski definition) is 3. The molecule has 108 valence electrons. The van der Waals surface area contributed by atoms with Crippen molar-refractivity contribution in [3.05, 3.63) is 67.4 Å². The molecule has 0 aliphatic rings. The first-order chi connectivity index (χ1) is 9.88. The second-order valence-corrected chi connectivity index (χ2v) is 5.29. The van der Waals surface area contributed by atoms with Crippen LogP contribution in [0.5, 0.6) is 0 Å². The second-order valence-electron chi connectivity index (χ2n) is 4.00. The van der Waals surface area contributed by atoms with Crippen LogP contribution in [0.3, 0.4) is 0 Å². The minimum absolute atomic E-state index is 0.176. The van der Waals surface area contributed by atoms with Gasteiger partial charge in [0.2, 0.25) is 0 Å². The number of carbonyl (C=O) groups is 1. The molecule has 0 aliphatic carbocycles. The third-order valence-corrected chi connectivity index (χ3v) is 3.46. The molecule has 0 heterocycles. The minimum Gasteiger partial charge on any atom is -0.322 e. The van der Waals surface area contributed by atoms with Gasteiger partial charge in [0.25, 0.3) is 11.6 Å². The van der Waals surface area contributed by atoms with Crippen molar-refractivity contribution in [2.75, 3.05) is 5.32 Å². The minimum atomic E-state index is -0.745. The van der Waals surface area contributed by atoms with Crippen LogP contribution in [-0.4, -0.2) is 10.8 Å². The first kappa shape index (κ1) is 15.4. The molecule has 1 N–H and O–H groups in total. The average molecular weight is 374 g/mol. The number of nitrogens with zero attached hydrogens (tertiary/aromatic N) is 1. The molecule has 21 heavy (non-hydrogen) atoms. The predicted molar refractivity (Wildman–Crippen MR) is 80.2 cm³/mol. The van der Waals surface area contributed by atoms with Gasteiger partial charge in [-0.2, -0.15) is 0 Å². The van der Waals surface area contributed by atoms with Gasteiger partial charge in [-0.05, 0) is 46.3 Å². The Bertz CT molecular complexity index is 739. The van der Waals surface area contributed by atoms with Gasteiger partial charge in [-0.3, -0.25) is 14.9 Å². The molecule has 0 saturated heterocycles. The highest BCUT2D eigenvalue weighted by Gasteiger charge is 2.20. The van der Waals surface area contributed by atoms with E-state index in [9.17, 15) is 19.3 Å². The van der Waals surface area contributed by atoms with Crippen molar-refractivity contribution in [3.8, 4) is 0 Å². The Morgan fingerprint density at radius 1 is 1.29 bits per heavy atom. The van der Waals surface area contributed by atoms with Crippen LogP contribution < -0.4 is 5.32 Å². The van der Waals surface area contributed by atoms with Crippen molar-refractivity contribution in [3.63, 3.8) is 0 Å². The maximum Gasteiger partial charge on any atom is 0.282 e. The zero-order valence-corrected chi connectivity index (χ0v) is 12.6. The number of rotatable bonds is 3. The fourth-order valence-corrected chi connectivity index (χ4v) is 2.04. The molecule has 1 amide bonds. The van der Waals surface area contributed by atoms with Gasteiger partial charge in [0.1, 0.15) is 11.4 Å². The number of nitro benzene ring substituents is 1. The molecule has 0 saturated carbocycles. The van der Waals surface area contributed by atoms with Crippen LogP contribution in [-0.2, 0) is 0 Å². The molecule has 0 unspecified atom stereocenters. The summed E-state index contributed by atoms with van der Waals surface area (Å²) in [4.78, 5) is 22.3. The normalized spacial score (nSPS) is 10.2. The topological polar surface area (TPSA) is 72.2 Å². The number of hydrogen-bond donors (Lipinski definition) is 1. The summed E-state index contributed by atoms with van der Waals surface area (Å²) < 4.78 is 13.6. The first-order valence-corrected chi connectivity index (χ1v) is 6.76. The largest absolute Gasteiger partial charge is 0.322 e. The van der Waals surface area contributed by atoms with E-state index in [1.54, 1.807) is 0 Å². The van der Waals surface area contributed by atoms with E-state index in [-0.39, 0.29) is 26.4 Å². The summed E-state index contributed by atoms with van der Waals surface area (Å²) in [5.74, 6) is -1.31. The van der Waals surface area contributed by atoms with Crippen LogP contribution in [0, 0.1) is 15.9 Å². The smallest absolute Gasteiger partial charge is 0.282 e. The number of carbonyl (C=O) groups excluding carboxylic acids is 1. The van der Waals surface area contributed by atoms with Crippen LogP contribution in [0.15, 0.2) is 40.9 Å². The molecular formula is C13H7BrClFN2O3. The molecule has 8 heteroatoms. The van der Waals surface area contributed by atoms with E-state index in [4.69, 9.17) is 11.6 Å². The molecular weight excluding hydrogens is 367 g/mol. The standard InChI is InChI=1S/C13H7BrClFN2O3/c14-10-3-2-8(6-11(10)16)17-13(19)9-5-7(15)1-4-12(9)18(20)21/h1-6H,(H,17,19). The van der Waals surface area contributed by atoms with Gasteiger partial charge in [0.05, 0.1) is 9.40 Å². The maximum absolute atomic E-state index is 13.4. The van der Waals surface area contributed by atoms with Gasteiger partial charge < -0.3 is 5.32 Å². The molecule has 0 aromatic heterocycles. The zero-order chi connectivity index (χ0) is 15.6. The Kier molecular flexibility index (Phi) is 4.54. The molecule has 0 spiro atoms. The Labute approximate surface area is 132 Å². The van der Waals surface area contributed by atoms with Crippen LogP contribution in [0.1, 0.15) is 10.4 Å². The van der Waals surface area contributed by atoms with Gasteiger partial charge in [-0.1, -0.05) is 11.6 Å². The molecule has 0 fully saturated rings. The first-order valence-electron chi connectivity index (χ1n) is 5.59. The van der Waals surface area contributed by atoms with Gasteiger partial charge in [-0.25, -0.2) is 4.39 Å². The lowest BCUT2D eigenvalue weighted by Gasteiger charge is -2.07. The Balaban J connectivity index is 2.34. The summed E-state index contributed by atoms with van der Waals surface area (Å²) in [7, 11) is 0. The summed E-state index contributed by atoms with van der Waals surface area (Å²) in [5.41, 5.74) is -0.403. The summed E-state index contributed by atoms with van der Waals surface area (Å²) in [6, 6.07) is 7.61. The van der Waals surface area contributed by atoms with Crippen LogP contribution in [0.2, 0.25) is 5.02 Å². The Morgan fingerprint density at radius 2 is 2.00 bits per heavy atom. The lowest BCUT2D eigenvalue weighted by molar-refractivity contribution is -0.385. The predicted octanol–water partition coefficient (Wildman–Crippen LogP) is 4.40. The molecule has 0 atom stereocenters. The highest BCUT2D eigenvalue weighted by atomic mass is 79.9. The number of nitro groups is 1. The summed E-state index contributed by atoms with van der Waals surface area (Å²) in [6.07, 6.45) is 0. The molecule has 0 aliphatic heterocycles. The van der Waals surface area contributed by atoms with Gasteiger partial charge in [0.15, 0.2) is 0 Å². The van der Waals surface area contributed by atoms with Crippen molar-refractivity contribution < 1.29 is 14.1 Å². The Morgan fingerprint density at radius 3 is 2.62 bits per heavy atom. The lowest BCUT2D eigenvalue weighted by Crippen LogP contribution is -2.14. The zero-order valence-electron chi connectivity index (χ0n) is 10.3. The molecule has 2 rings (SSSR count). The summed E-state index contributed by atoms with van der Waals surface area (Å²) in [6.45, 7) is 0. The SMILES string of the molecule is O=C(Nc1ccc(Br)c(F)c1)c1cc(Cl)ccc1[N+](=O)[O-]. The summed E-state index contributed by atoms with van der Waals surface area (Å²) in [5, 5.41) is 13.5. The fourth-order valence-electron chi connectivity index (χ4n) is 1.62. The van der Waals surface area contributed by atoms with E-state index >= 15 is 0 Å². The molecule has 5 nitrogen and oxygen atoms in total. The number of benzene rings is 2. The van der Waals surface area contributed by atoms with E-state index in [2.05, 4.69) is 21.2 Å². The fraction of sp³-hybridized carbons (Fsp3) is 0. The monoisotopic (exact) mass is 372 g/mol. The highest BCUT2D eigenvalue weighted by molar-refractivity contribution is 9.10. The second kappa shape index (κ2) is 6.19. The average Bonchev–Trinajstić information content (AvgIpc) is 2.42. The number of halogens is 3. The number of anilines is 1. The van der Waals surface area contributed by atoms with Crippen molar-refractivity contribution in [1.29, 1.82) is 0 Å². The Hall–Kier alpha value is -1.99. The number of amides is 1. The van der Waals surface area contributed by atoms with Crippen LogP contribution in [0.25, 0.3) is 0 Å². The maximum atomic E-state index is 13.4.